The molecule has 2 atom stereocenters. The van der Waals surface area contributed by atoms with E-state index in [1.54, 1.807) is 0 Å². The average molecular weight is 699 g/mol. The predicted molar refractivity (Wildman–Crippen MR) is 201 cm³/mol. The molecule has 0 aromatic carbocycles. The minimum atomic E-state index is 0. The van der Waals surface area contributed by atoms with Crippen molar-refractivity contribution in [2.45, 2.75) is 251 Å². The lowest BCUT2D eigenvalue weighted by molar-refractivity contribution is -0.909. The Hall–Kier alpha value is 0.440. The molecule has 1 heterocycles. The summed E-state index contributed by atoms with van der Waals surface area (Å²) in [5.74, 6) is 1.04. The lowest BCUT2D eigenvalue weighted by Gasteiger charge is -2.30. The van der Waals surface area contributed by atoms with E-state index in [9.17, 15) is 0 Å². The van der Waals surface area contributed by atoms with Crippen LogP contribution in [0.4, 0.5) is 0 Å². The first kappa shape index (κ1) is 45.4. The first-order valence-corrected chi connectivity index (χ1v) is 21.7. The molecule has 0 radical (unpaired) electrons. The summed E-state index contributed by atoms with van der Waals surface area (Å²) >= 11 is 0. The Bertz CT molecular complexity index is 478. The number of likely N-dealkylation sites (tertiary alicyclic amines) is 1. The van der Waals surface area contributed by atoms with E-state index in [0.717, 1.165) is 5.92 Å². The molecule has 0 aliphatic carbocycles. The Morgan fingerprint density at radius 3 is 1.00 bits per heavy atom. The van der Waals surface area contributed by atoms with Gasteiger partial charge in [-0.15, -0.1) is 0 Å². The highest BCUT2D eigenvalue weighted by atomic mass is 79.9. The van der Waals surface area contributed by atoms with Crippen molar-refractivity contribution in [3.63, 3.8) is 0 Å². The molecular weight excluding hydrogens is 610 g/mol. The second kappa shape index (κ2) is 38.9. The second-order valence-electron chi connectivity index (χ2n) is 15.6. The summed E-state index contributed by atoms with van der Waals surface area (Å²) in [6.45, 7) is 9.06. The lowest BCUT2D eigenvalue weighted by Crippen LogP contribution is -3.13. The summed E-state index contributed by atoms with van der Waals surface area (Å²) in [7, 11) is 0. The monoisotopic (exact) mass is 698 g/mol. The molecule has 0 bridgehead atoms. The molecule has 0 amide bonds. The van der Waals surface area contributed by atoms with Gasteiger partial charge in [0, 0.05) is 5.92 Å². The fourth-order valence-electron chi connectivity index (χ4n) is 7.98. The topological polar surface area (TPSA) is 4.44 Å². The van der Waals surface area contributed by atoms with Crippen molar-refractivity contribution in [1.29, 1.82) is 0 Å². The molecule has 1 saturated heterocycles. The van der Waals surface area contributed by atoms with Crippen molar-refractivity contribution >= 4 is 0 Å². The third-order valence-corrected chi connectivity index (χ3v) is 11.1. The largest absolute Gasteiger partial charge is 1.00 e. The van der Waals surface area contributed by atoms with Crippen molar-refractivity contribution in [2.75, 3.05) is 19.6 Å². The van der Waals surface area contributed by atoms with Gasteiger partial charge >= 0.3 is 0 Å². The number of unbranched alkanes of at least 4 members (excludes halogenated alkanes) is 32. The summed E-state index contributed by atoms with van der Waals surface area (Å²) < 4.78 is 0. The lowest BCUT2D eigenvalue weighted by atomic mass is 9.92. The Morgan fingerprint density at radius 1 is 0.378 bits per heavy atom. The Labute approximate surface area is 297 Å². The SMILES string of the molecule is CCCCCCCCCCCCCCCCCCCC1CCC[NH+](CCCCCCCCCCCCCCCCCCC)C1.[Br-]. The van der Waals surface area contributed by atoms with Crippen molar-refractivity contribution in [3.8, 4) is 0 Å². The van der Waals surface area contributed by atoms with Crippen LogP contribution in [0.5, 0.6) is 0 Å². The minimum Gasteiger partial charge on any atom is -1.00 e. The first-order chi connectivity index (χ1) is 21.9. The van der Waals surface area contributed by atoms with E-state index in [4.69, 9.17) is 0 Å². The molecule has 45 heavy (non-hydrogen) atoms. The highest BCUT2D eigenvalue weighted by molar-refractivity contribution is 4.63. The third-order valence-electron chi connectivity index (χ3n) is 11.1. The number of quaternary nitrogens is 1. The number of hydrogen-bond acceptors (Lipinski definition) is 0. The van der Waals surface area contributed by atoms with E-state index in [1.165, 1.54) is 257 Å². The predicted octanol–water partition coefficient (Wildman–Crippen LogP) is 11.0. The van der Waals surface area contributed by atoms with E-state index in [0.29, 0.717) is 0 Å². The van der Waals surface area contributed by atoms with E-state index in [2.05, 4.69) is 13.8 Å². The van der Waals surface area contributed by atoms with Crippen molar-refractivity contribution in [3.05, 3.63) is 0 Å². The van der Waals surface area contributed by atoms with E-state index < -0.39 is 0 Å². The van der Waals surface area contributed by atoms with Crippen LogP contribution in [0.15, 0.2) is 0 Å². The molecule has 0 saturated carbocycles. The highest BCUT2D eigenvalue weighted by Gasteiger charge is 2.22. The quantitative estimate of drug-likeness (QED) is 0.0621. The van der Waals surface area contributed by atoms with Gasteiger partial charge in [0.2, 0.25) is 0 Å². The maximum Gasteiger partial charge on any atom is 0.0799 e. The molecule has 0 aromatic rings. The molecule has 272 valence electrons. The van der Waals surface area contributed by atoms with Crippen LogP contribution in [0.2, 0.25) is 0 Å². The van der Waals surface area contributed by atoms with Gasteiger partial charge < -0.3 is 21.9 Å². The van der Waals surface area contributed by atoms with E-state index in [1.807, 2.05) is 4.90 Å². The molecule has 2 heteroatoms. The molecule has 0 spiro atoms. The van der Waals surface area contributed by atoms with Crippen LogP contribution in [0.1, 0.15) is 251 Å². The molecular formula is C43H88BrN. The number of nitrogens with one attached hydrogen (secondary N) is 1. The van der Waals surface area contributed by atoms with Gasteiger partial charge in [0.25, 0.3) is 0 Å². The van der Waals surface area contributed by atoms with E-state index >= 15 is 0 Å². The summed E-state index contributed by atoms with van der Waals surface area (Å²) in [6, 6.07) is 0. The minimum absolute atomic E-state index is 0. The zero-order valence-electron chi connectivity index (χ0n) is 31.7. The standard InChI is InChI=1S/C43H87N.BrH/c1-3-5-7-9-11-13-15-17-19-21-23-25-27-29-31-33-35-38-43-39-37-41-44(42-43)40-36-34-32-30-28-26-24-22-20-18-16-14-12-10-8-6-4-2;/h43H,3-42H2,1-2H3;1H. The van der Waals surface area contributed by atoms with Gasteiger partial charge in [0.15, 0.2) is 0 Å². The van der Waals surface area contributed by atoms with Crippen molar-refractivity contribution in [2.24, 2.45) is 5.92 Å². The third kappa shape index (κ3) is 34.1. The fourth-order valence-corrected chi connectivity index (χ4v) is 7.98. The van der Waals surface area contributed by atoms with Gasteiger partial charge in [0.1, 0.15) is 0 Å². The maximum absolute atomic E-state index is 2.31. The summed E-state index contributed by atoms with van der Waals surface area (Å²) in [6.07, 6.45) is 54.9. The maximum atomic E-state index is 2.31. The Balaban J connectivity index is 0.0000194. The molecule has 1 aliphatic heterocycles. The highest BCUT2D eigenvalue weighted by Crippen LogP contribution is 2.19. The zero-order chi connectivity index (χ0) is 31.4. The molecule has 1 N–H and O–H groups in total. The molecule has 1 rings (SSSR count). The number of halogens is 1. The molecule has 2 unspecified atom stereocenters. The summed E-state index contributed by atoms with van der Waals surface area (Å²) in [5, 5.41) is 0. The van der Waals surface area contributed by atoms with Gasteiger partial charge in [-0.3, -0.25) is 0 Å². The van der Waals surface area contributed by atoms with Crippen LogP contribution >= 0.6 is 0 Å². The zero-order valence-corrected chi connectivity index (χ0v) is 33.3. The number of hydrogen-bond donors (Lipinski definition) is 1. The van der Waals surface area contributed by atoms with Crippen LogP contribution in [-0.2, 0) is 0 Å². The molecule has 0 aromatic heterocycles. The van der Waals surface area contributed by atoms with Gasteiger partial charge in [0.05, 0.1) is 19.6 Å². The van der Waals surface area contributed by atoms with Gasteiger partial charge in [-0.25, -0.2) is 0 Å². The fraction of sp³-hybridized carbons (Fsp3) is 1.00. The average Bonchev–Trinajstić information content (AvgIpc) is 3.04. The van der Waals surface area contributed by atoms with Crippen LogP contribution in [-0.4, -0.2) is 19.6 Å². The van der Waals surface area contributed by atoms with Crippen LogP contribution < -0.4 is 21.9 Å². The van der Waals surface area contributed by atoms with E-state index in [-0.39, 0.29) is 17.0 Å². The first-order valence-electron chi connectivity index (χ1n) is 21.7. The second-order valence-corrected chi connectivity index (χ2v) is 15.6. The molecule has 1 fully saturated rings. The van der Waals surface area contributed by atoms with Crippen LogP contribution in [0.25, 0.3) is 0 Å². The number of rotatable bonds is 36. The molecule has 1 nitrogen and oxygen atoms in total. The number of piperidine rings is 1. The molecule has 1 aliphatic rings. The van der Waals surface area contributed by atoms with Gasteiger partial charge in [-0.1, -0.05) is 219 Å². The summed E-state index contributed by atoms with van der Waals surface area (Å²) in [4.78, 5) is 1.95. The van der Waals surface area contributed by atoms with Crippen molar-refractivity contribution in [1.82, 2.24) is 0 Å². The van der Waals surface area contributed by atoms with Crippen LogP contribution in [0.3, 0.4) is 0 Å². The van der Waals surface area contributed by atoms with Gasteiger partial charge in [-0.2, -0.15) is 0 Å². The van der Waals surface area contributed by atoms with Crippen molar-refractivity contribution < 1.29 is 21.9 Å². The normalized spacial score (nSPS) is 16.7. The smallest absolute Gasteiger partial charge is 0.0799 e. The Morgan fingerprint density at radius 2 is 0.667 bits per heavy atom. The van der Waals surface area contributed by atoms with Gasteiger partial charge in [-0.05, 0) is 32.1 Å². The summed E-state index contributed by atoms with van der Waals surface area (Å²) in [5.41, 5.74) is 0. The Kier molecular flexibility index (Phi) is 39.3. The van der Waals surface area contributed by atoms with Crippen LogP contribution in [0, 0.1) is 5.92 Å².